The monoisotopic (exact) mass is 248 g/mol. The average molecular weight is 249 g/mol. The number of thiophene rings is 1. The Balaban J connectivity index is 2.79. The molecule has 0 atom stereocenters. The van der Waals surface area contributed by atoms with Crippen molar-refractivity contribution in [2.75, 3.05) is 6.61 Å². The van der Waals surface area contributed by atoms with Crippen molar-refractivity contribution in [2.45, 2.75) is 12.3 Å². The summed E-state index contributed by atoms with van der Waals surface area (Å²) in [7, 11) is 0. The molecule has 1 aromatic heterocycles. The smallest absolute Gasteiger partial charge is 0.339 e. The number of halogens is 1. The molecule has 0 aliphatic heterocycles. The number of alkyl halides is 1. The van der Waals surface area contributed by atoms with Gasteiger partial charge in [0.15, 0.2) is 0 Å². The van der Waals surface area contributed by atoms with Gasteiger partial charge in [-0.1, -0.05) is 15.9 Å². The predicted octanol–water partition coefficient (Wildman–Crippen LogP) is 2.82. The Morgan fingerprint density at radius 3 is 3.08 bits per heavy atom. The summed E-state index contributed by atoms with van der Waals surface area (Å²) in [5.41, 5.74) is 0.679. The zero-order valence-electron chi connectivity index (χ0n) is 6.67. The SMILES string of the molecule is CCOC(=O)c1ccsc1CBr. The molecule has 1 heterocycles. The van der Waals surface area contributed by atoms with Crippen molar-refractivity contribution in [3.8, 4) is 0 Å². The van der Waals surface area contributed by atoms with Crippen LogP contribution in [-0.4, -0.2) is 12.6 Å². The molecule has 0 fully saturated rings. The quantitative estimate of drug-likeness (QED) is 0.608. The van der Waals surface area contributed by atoms with Crippen molar-refractivity contribution < 1.29 is 9.53 Å². The topological polar surface area (TPSA) is 26.3 Å². The largest absolute Gasteiger partial charge is 0.462 e. The van der Waals surface area contributed by atoms with E-state index in [0.29, 0.717) is 17.5 Å². The van der Waals surface area contributed by atoms with Gasteiger partial charge in [-0.15, -0.1) is 11.3 Å². The maximum atomic E-state index is 11.2. The average Bonchev–Trinajstić information content (AvgIpc) is 2.51. The fourth-order valence-electron chi connectivity index (χ4n) is 0.835. The highest BCUT2D eigenvalue weighted by Crippen LogP contribution is 2.20. The van der Waals surface area contributed by atoms with Crippen LogP contribution in [0.5, 0.6) is 0 Å². The number of hydrogen-bond donors (Lipinski definition) is 0. The molecule has 0 N–H and O–H groups in total. The van der Waals surface area contributed by atoms with Gasteiger partial charge in [-0.25, -0.2) is 4.79 Å². The normalized spacial score (nSPS) is 9.83. The molecular weight excluding hydrogens is 240 g/mol. The van der Waals surface area contributed by atoms with Gasteiger partial charge >= 0.3 is 5.97 Å². The molecule has 1 rings (SSSR count). The van der Waals surface area contributed by atoms with Crippen molar-refractivity contribution in [3.63, 3.8) is 0 Å². The van der Waals surface area contributed by atoms with E-state index in [1.807, 2.05) is 5.38 Å². The molecular formula is C8H9BrO2S. The number of carbonyl (C=O) groups is 1. The van der Waals surface area contributed by atoms with Crippen molar-refractivity contribution in [1.82, 2.24) is 0 Å². The van der Waals surface area contributed by atoms with Gasteiger partial charge in [0.1, 0.15) is 0 Å². The molecule has 0 amide bonds. The van der Waals surface area contributed by atoms with Crippen LogP contribution in [0.25, 0.3) is 0 Å². The van der Waals surface area contributed by atoms with Crippen molar-refractivity contribution >= 4 is 33.2 Å². The van der Waals surface area contributed by atoms with Crippen LogP contribution in [0, 0.1) is 0 Å². The molecule has 0 radical (unpaired) electrons. The molecule has 0 aliphatic rings. The molecule has 0 saturated carbocycles. The van der Waals surface area contributed by atoms with Crippen LogP contribution in [0.2, 0.25) is 0 Å². The minimum atomic E-state index is -0.229. The van der Waals surface area contributed by atoms with Crippen molar-refractivity contribution in [1.29, 1.82) is 0 Å². The Labute approximate surface area is 83.7 Å². The molecule has 0 aromatic carbocycles. The van der Waals surface area contributed by atoms with E-state index in [1.165, 1.54) is 0 Å². The molecule has 12 heavy (non-hydrogen) atoms. The van der Waals surface area contributed by atoms with E-state index in [-0.39, 0.29) is 5.97 Å². The second-order valence-corrected chi connectivity index (χ2v) is 3.67. The molecule has 4 heteroatoms. The van der Waals surface area contributed by atoms with Crippen LogP contribution in [0.1, 0.15) is 22.2 Å². The second-order valence-electron chi connectivity index (χ2n) is 2.11. The first kappa shape index (κ1) is 9.74. The van der Waals surface area contributed by atoms with E-state index in [4.69, 9.17) is 4.74 Å². The molecule has 0 bridgehead atoms. The van der Waals surface area contributed by atoms with E-state index in [0.717, 1.165) is 4.88 Å². The molecule has 0 aliphatic carbocycles. The standard InChI is InChI=1S/C8H9BrO2S/c1-2-11-8(10)6-3-4-12-7(6)5-9/h3-4H,2,5H2,1H3. The highest BCUT2D eigenvalue weighted by molar-refractivity contribution is 9.08. The van der Waals surface area contributed by atoms with Crippen LogP contribution in [0.3, 0.4) is 0 Å². The molecule has 66 valence electrons. The number of hydrogen-bond acceptors (Lipinski definition) is 3. The fourth-order valence-corrected chi connectivity index (χ4v) is 2.24. The summed E-state index contributed by atoms with van der Waals surface area (Å²) in [6.07, 6.45) is 0. The second kappa shape index (κ2) is 4.62. The van der Waals surface area contributed by atoms with Gasteiger partial charge in [0.2, 0.25) is 0 Å². The Bertz CT molecular complexity index is 270. The minimum absolute atomic E-state index is 0.229. The van der Waals surface area contributed by atoms with Crippen molar-refractivity contribution in [2.24, 2.45) is 0 Å². The number of ether oxygens (including phenoxy) is 1. The van der Waals surface area contributed by atoms with Gasteiger partial charge < -0.3 is 4.74 Å². The van der Waals surface area contributed by atoms with Gasteiger partial charge in [-0.3, -0.25) is 0 Å². The number of rotatable bonds is 3. The van der Waals surface area contributed by atoms with Gasteiger partial charge in [-0.05, 0) is 18.4 Å². The zero-order valence-corrected chi connectivity index (χ0v) is 9.07. The molecule has 0 unspecified atom stereocenters. The summed E-state index contributed by atoms with van der Waals surface area (Å²) in [6, 6.07) is 1.79. The molecule has 0 saturated heterocycles. The minimum Gasteiger partial charge on any atom is -0.462 e. The summed E-state index contributed by atoms with van der Waals surface area (Å²) in [5, 5.41) is 2.60. The fraction of sp³-hybridized carbons (Fsp3) is 0.375. The van der Waals surface area contributed by atoms with E-state index in [1.54, 1.807) is 24.3 Å². The van der Waals surface area contributed by atoms with E-state index in [2.05, 4.69) is 15.9 Å². The lowest BCUT2D eigenvalue weighted by Crippen LogP contribution is -2.04. The lowest BCUT2D eigenvalue weighted by atomic mass is 10.3. The Hall–Kier alpha value is -0.350. The Morgan fingerprint density at radius 2 is 2.50 bits per heavy atom. The van der Waals surface area contributed by atoms with Crippen LogP contribution < -0.4 is 0 Å². The zero-order chi connectivity index (χ0) is 8.97. The third kappa shape index (κ3) is 2.08. The van der Waals surface area contributed by atoms with Gasteiger partial charge in [0.05, 0.1) is 12.2 Å². The van der Waals surface area contributed by atoms with E-state index in [9.17, 15) is 4.79 Å². The maximum absolute atomic E-state index is 11.2. The van der Waals surface area contributed by atoms with Gasteiger partial charge in [0.25, 0.3) is 0 Å². The van der Waals surface area contributed by atoms with Crippen LogP contribution in [-0.2, 0) is 10.1 Å². The van der Waals surface area contributed by atoms with E-state index >= 15 is 0 Å². The summed E-state index contributed by atoms with van der Waals surface area (Å²) < 4.78 is 4.88. The summed E-state index contributed by atoms with van der Waals surface area (Å²) in [5.74, 6) is -0.229. The first-order chi connectivity index (χ1) is 5.79. The highest BCUT2D eigenvalue weighted by Gasteiger charge is 2.11. The first-order valence-corrected chi connectivity index (χ1v) is 5.59. The van der Waals surface area contributed by atoms with Crippen LogP contribution in [0.15, 0.2) is 11.4 Å². The van der Waals surface area contributed by atoms with E-state index < -0.39 is 0 Å². The molecule has 1 aromatic rings. The third-order valence-corrected chi connectivity index (χ3v) is 3.21. The summed E-state index contributed by atoms with van der Waals surface area (Å²) in [4.78, 5) is 12.3. The number of esters is 1. The lowest BCUT2D eigenvalue weighted by molar-refractivity contribution is 0.0526. The lowest BCUT2D eigenvalue weighted by Gasteiger charge is -2.00. The van der Waals surface area contributed by atoms with Crippen LogP contribution >= 0.6 is 27.3 Å². The molecule has 2 nitrogen and oxygen atoms in total. The molecule has 0 spiro atoms. The van der Waals surface area contributed by atoms with Gasteiger partial charge in [-0.2, -0.15) is 0 Å². The predicted molar refractivity (Wildman–Crippen MR) is 52.9 cm³/mol. The third-order valence-electron chi connectivity index (χ3n) is 1.36. The number of carbonyl (C=O) groups excluding carboxylic acids is 1. The highest BCUT2D eigenvalue weighted by atomic mass is 79.9. The Kier molecular flexibility index (Phi) is 3.75. The van der Waals surface area contributed by atoms with Crippen LogP contribution in [0.4, 0.5) is 0 Å². The first-order valence-electron chi connectivity index (χ1n) is 3.59. The Morgan fingerprint density at radius 1 is 1.75 bits per heavy atom. The summed E-state index contributed by atoms with van der Waals surface area (Å²) in [6.45, 7) is 2.23. The maximum Gasteiger partial charge on any atom is 0.339 e. The van der Waals surface area contributed by atoms with Gasteiger partial charge in [0, 0.05) is 10.2 Å². The van der Waals surface area contributed by atoms with Crippen molar-refractivity contribution in [3.05, 3.63) is 21.9 Å². The summed E-state index contributed by atoms with van der Waals surface area (Å²) >= 11 is 4.87.